The summed E-state index contributed by atoms with van der Waals surface area (Å²) in [5.41, 5.74) is 2.76. The number of carbonyl (C=O) groups excluding carboxylic acids is 2. The Morgan fingerprint density at radius 1 is 1.36 bits per heavy atom. The summed E-state index contributed by atoms with van der Waals surface area (Å²) >= 11 is 0. The van der Waals surface area contributed by atoms with Gasteiger partial charge in [-0.15, -0.1) is 0 Å². The highest BCUT2D eigenvalue weighted by atomic mass is 16.5. The molecule has 6 heteroatoms. The number of hydrogen-bond acceptors (Lipinski definition) is 6. The lowest BCUT2D eigenvalue weighted by atomic mass is 9.98. The first-order valence-electron chi connectivity index (χ1n) is 8.55. The van der Waals surface area contributed by atoms with Crippen LogP contribution in [-0.4, -0.2) is 45.2 Å². The van der Waals surface area contributed by atoms with E-state index in [4.69, 9.17) is 13.9 Å². The van der Waals surface area contributed by atoms with E-state index < -0.39 is 5.97 Å². The van der Waals surface area contributed by atoms with Gasteiger partial charge in [-0.25, -0.2) is 4.79 Å². The molecule has 1 aromatic heterocycles. The molecule has 1 aliphatic rings. The number of nitrogens with zero attached hydrogens (tertiary/aromatic N) is 1. The summed E-state index contributed by atoms with van der Waals surface area (Å²) < 4.78 is 16.0. The molecular formula is C19H23NO5. The van der Waals surface area contributed by atoms with Crippen LogP contribution in [0.4, 0.5) is 5.69 Å². The molecule has 0 saturated carbocycles. The Morgan fingerprint density at radius 3 is 2.68 bits per heavy atom. The van der Waals surface area contributed by atoms with Crippen LogP contribution in [0.25, 0.3) is 11.0 Å². The topological polar surface area (TPSA) is 69.0 Å². The second-order valence-corrected chi connectivity index (χ2v) is 6.20. The van der Waals surface area contributed by atoms with E-state index in [1.165, 1.54) is 7.11 Å². The van der Waals surface area contributed by atoms with Crippen molar-refractivity contribution < 1.29 is 23.5 Å². The molecule has 0 radical (unpaired) electrons. The van der Waals surface area contributed by atoms with Crippen molar-refractivity contribution in [3.05, 3.63) is 29.0 Å². The van der Waals surface area contributed by atoms with Crippen LogP contribution in [0.3, 0.4) is 0 Å². The van der Waals surface area contributed by atoms with Gasteiger partial charge in [-0.3, -0.25) is 4.79 Å². The highest BCUT2D eigenvalue weighted by Crippen LogP contribution is 2.35. The standard InChI is InChI=1S/C19H23NO5/c1-4-20(13-5-7-24-8-6-13)16-10-17-15(9-14(11-21)25-17)18(12(16)2)19(22)23-3/h9-11,13H,4-8H2,1-3H3. The largest absolute Gasteiger partial charge is 0.465 e. The number of rotatable bonds is 5. The number of carbonyl (C=O) groups is 2. The molecule has 0 unspecified atom stereocenters. The van der Waals surface area contributed by atoms with Crippen molar-refractivity contribution >= 4 is 28.9 Å². The smallest absolute Gasteiger partial charge is 0.338 e. The van der Waals surface area contributed by atoms with Crippen LogP contribution >= 0.6 is 0 Å². The zero-order chi connectivity index (χ0) is 18.0. The fourth-order valence-electron chi connectivity index (χ4n) is 3.63. The Balaban J connectivity index is 2.18. The Hall–Kier alpha value is -2.34. The van der Waals surface area contributed by atoms with Gasteiger partial charge in [0.15, 0.2) is 12.0 Å². The molecule has 1 saturated heterocycles. The molecule has 0 amide bonds. The van der Waals surface area contributed by atoms with Crippen molar-refractivity contribution in [1.29, 1.82) is 0 Å². The normalized spacial score (nSPS) is 15.3. The minimum Gasteiger partial charge on any atom is -0.465 e. The lowest BCUT2D eigenvalue weighted by Crippen LogP contribution is -2.40. The molecule has 1 aromatic carbocycles. The minimum atomic E-state index is -0.425. The summed E-state index contributed by atoms with van der Waals surface area (Å²) in [7, 11) is 1.36. The summed E-state index contributed by atoms with van der Waals surface area (Å²) in [5.74, 6) is -0.226. The van der Waals surface area contributed by atoms with Gasteiger partial charge in [0.1, 0.15) is 5.58 Å². The lowest BCUT2D eigenvalue weighted by Gasteiger charge is -2.36. The number of methoxy groups -OCH3 is 1. The molecule has 25 heavy (non-hydrogen) atoms. The quantitative estimate of drug-likeness (QED) is 0.611. The maximum atomic E-state index is 12.4. The third kappa shape index (κ3) is 3.14. The van der Waals surface area contributed by atoms with E-state index in [0.29, 0.717) is 28.9 Å². The molecule has 0 atom stereocenters. The molecule has 1 fully saturated rings. The Kier molecular flexibility index (Phi) is 5.08. The second kappa shape index (κ2) is 7.27. The average molecular weight is 345 g/mol. The van der Waals surface area contributed by atoms with Crippen molar-refractivity contribution in [2.75, 3.05) is 31.8 Å². The number of fused-ring (bicyclic) bond motifs is 1. The first-order chi connectivity index (χ1) is 12.1. The van der Waals surface area contributed by atoms with Gasteiger partial charge in [0.05, 0.1) is 12.7 Å². The van der Waals surface area contributed by atoms with Crippen molar-refractivity contribution in [1.82, 2.24) is 0 Å². The average Bonchev–Trinajstić information content (AvgIpc) is 3.05. The number of aldehydes is 1. The zero-order valence-corrected chi connectivity index (χ0v) is 14.8. The monoisotopic (exact) mass is 345 g/mol. The number of esters is 1. The van der Waals surface area contributed by atoms with Crippen molar-refractivity contribution in [3.8, 4) is 0 Å². The molecule has 0 spiro atoms. The van der Waals surface area contributed by atoms with E-state index >= 15 is 0 Å². The number of hydrogen-bond donors (Lipinski definition) is 0. The highest BCUT2D eigenvalue weighted by Gasteiger charge is 2.26. The molecule has 1 aliphatic heterocycles. The molecule has 0 bridgehead atoms. The summed E-state index contributed by atoms with van der Waals surface area (Å²) in [6.07, 6.45) is 2.53. The van der Waals surface area contributed by atoms with Crippen molar-refractivity contribution in [3.63, 3.8) is 0 Å². The van der Waals surface area contributed by atoms with Crippen LogP contribution in [0.2, 0.25) is 0 Å². The van der Waals surface area contributed by atoms with Crippen LogP contribution in [0, 0.1) is 6.92 Å². The highest BCUT2D eigenvalue weighted by molar-refractivity contribution is 6.07. The molecule has 3 rings (SSSR count). The van der Waals surface area contributed by atoms with Crippen LogP contribution < -0.4 is 4.90 Å². The summed E-state index contributed by atoms with van der Waals surface area (Å²) in [4.78, 5) is 25.8. The van der Waals surface area contributed by atoms with Gasteiger partial charge in [0.2, 0.25) is 0 Å². The number of benzene rings is 1. The fourth-order valence-corrected chi connectivity index (χ4v) is 3.63. The molecule has 0 aliphatic carbocycles. The summed E-state index contributed by atoms with van der Waals surface area (Å²) in [5, 5.41) is 0.609. The zero-order valence-electron chi connectivity index (χ0n) is 14.8. The second-order valence-electron chi connectivity index (χ2n) is 6.20. The van der Waals surface area contributed by atoms with Gasteiger partial charge in [-0.1, -0.05) is 0 Å². The van der Waals surface area contributed by atoms with Gasteiger partial charge in [-0.05, 0) is 38.3 Å². The third-order valence-electron chi connectivity index (χ3n) is 4.86. The maximum Gasteiger partial charge on any atom is 0.338 e. The Morgan fingerprint density at radius 2 is 2.08 bits per heavy atom. The van der Waals surface area contributed by atoms with Gasteiger partial charge in [-0.2, -0.15) is 0 Å². The van der Waals surface area contributed by atoms with Crippen LogP contribution in [0.15, 0.2) is 16.5 Å². The van der Waals surface area contributed by atoms with Gasteiger partial charge in [0.25, 0.3) is 0 Å². The number of furan rings is 1. The molecular weight excluding hydrogens is 322 g/mol. The molecule has 0 N–H and O–H groups in total. The van der Waals surface area contributed by atoms with E-state index in [1.807, 2.05) is 13.0 Å². The van der Waals surface area contributed by atoms with Crippen molar-refractivity contribution in [2.24, 2.45) is 0 Å². The third-order valence-corrected chi connectivity index (χ3v) is 4.86. The van der Waals surface area contributed by atoms with E-state index in [1.54, 1.807) is 6.07 Å². The van der Waals surface area contributed by atoms with Crippen LogP contribution in [-0.2, 0) is 9.47 Å². The first-order valence-corrected chi connectivity index (χ1v) is 8.55. The summed E-state index contributed by atoms with van der Waals surface area (Å²) in [6, 6.07) is 3.86. The predicted molar refractivity (Wildman–Crippen MR) is 94.5 cm³/mol. The Bertz CT molecular complexity index is 789. The Labute approximate surface area is 146 Å². The number of ether oxygens (including phenoxy) is 2. The fraction of sp³-hybridized carbons (Fsp3) is 0.474. The predicted octanol–water partition coefficient (Wildman–Crippen LogP) is 3.35. The molecule has 2 aromatic rings. The van der Waals surface area contributed by atoms with E-state index in [0.717, 1.165) is 43.9 Å². The van der Waals surface area contributed by atoms with E-state index in [-0.39, 0.29) is 5.76 Å². The van der Waals surface area contributed by atoms with Crippen LogP contribution in [0.5, 0.6) is 0 Å². The number of anilines is 1. The van der Waals surface area contributed by atoms with Gasteiger partial charge < -0.3 is 18.8 Å². The van der Waals surface area contributed by atoms with E-state index in [9.17, 15) is 9.59 Å². The van der Waals surface area contributed by atoms with Crippen LogP contribution in [0.1, 0.15) is 46.2 Å². The lowest BCUT2D eigenvalue weighted by molar-refractivity contribution is 0.0602. The minimum absolute atomic E-state index is 0.200. The molecule has 2 heterocycles. The molecule has 6 nitrogen and oxygen atoms in total. The summed E-state index contributed by atoms with van der Waals surface area (Å²) in [6.45, 7) is 6.29. The SMILES string of the molecule is CCN(c1cc2oc(C=O)cc2c(C(=O)OC)c1C)C1CCOCC1. The van der Waals surface area contributed by atoms with E-state index in [2.05, 4.69) is 11.8 Å². The first kappa shape index (κ1) is 17.5. The van der Waals surface area contributed by atoms with Gasteiger partial charge >= 0.3 is 5.97 Å². The van der Waals surface area contributed by atoms with Crippen molar-refractivity contribution in [2.45, 2.75) is 32.7 Å². The maximum absolute atomic E-state index is 12.4. The van der Waals surface area contributed by atoms with Gasteiger partial charge in [0, 0.05) is 42.9 Å². The molecule has 134 valence electrons.